The lowest BCUT2D eigenvalue weighted by Gasteiger charge is -2.52. The Morgan fingerprint density at radius 1 is 0.750 bits per heavy atom. The maximum atomic E-state index is 3.70. The Bertz CT molecular complexity index is 944. The topological polar surface area (TPSA) is 11.4 Å². The number of para-hydroxylation sites is 1. The molecule has 1 aromatic heterocycles. The van der Waals surface area contributed by atoms with Crippen molar-refractivity contribution in [2.75, 3.05) is 28.2 Å². The Morgan fingerprint density at radius 3 is 1.89 bits per heavy atom. The van der Waals surface area contributed by atoms with Gasteiger partial charge in [0, 0.05) is 34.6 Å². The predicted molar refractivity (Wildman–Crippen MR) is 117 cm³/mol. The summed E-state index contributed by atoms with van der Waals surface area (Å²) in [5.74, 6) is 0. The Hall–Kier alpha value is -2.10. The largest absolute Gasteiger partial charge is 0.342 e. The molecule has 0 saturated heterocycles. The molecule has 0 spiro atoms. The quantitative estimate of drug-likeness (QED) is 0.652. The third kappa shape index (κ3) is 2.80. The van der Waals surface area contributed by atoms with Crippen molar-refractivity contribution in [1.82, 2.24) is 14.4 Å². The molecule has 147 valence electrons. The van der Waals surface area contributed by atoms with E-state index in [1.165, 1.54) is 22.0 Å². The molecular weight excluding hydrogens is 342 g/mol. The molecule has 0 amide bonds. The number of rotatable bonds is 4. The zero-order chi connectivity index (χ0) is 19.9. The second-order valence-corrected chi connectivity index (χ2v) is 8.78. The highest BCUT2D eigenvalue weighted by atomic mass is 15.2. The van der Waals surface area contributed by atoms with Crippen LogP contribution in [0.15, 0.2) is 54.6 Å². The van der Waals surface area contributed by atoms with E-state index in [0.29, 0.717) is 0 Å². The van der Waals surface area contributed by atoms with E-state index in [0.717, 1.165) is 25.7 Å². The van der Waals surface area contributed by atoms with Gasteiger partial charge in [0.1, 0.15) is 0 Å². The highest BCUT2D eigenvalue weighted by Gasteiger charge is 2.47. The summed E-state index contributed by atoms with van der Waals surface area (Å²) >= 11 is 0. The van der Waals surface area contributed by atoms with Gasteiger partial charge in [-0.3, -0.25) is 9.80 Å². The standard InChI is InChI=1S/C25H32N3/c1-26(2)24(20-11-7-6-8-12-20)15-17-25(18-16-24,27(3)4)22-19-28(5)23-14-10-9-13-21(22)23/h6-14H,15-18H2,1-5H3. The van der Waals surface area contributed by atoms with Gasteiger partial charge in [-0.05, 0) is 65.5 Å². The first kappa shape index (κ1) is 19.2. The van der Waals surface area contributed by atoms with E-state index in [9.17, 15) is 0 Å². The summed E-state index contributed by atoms with van der Waals surface area (Å²) in [6.45, 7) is 0. The zero-order valence-electron chi connectivity index (χ0n) is 17.9. The highest BCUT2D eigenvalue weighted by molar-refractivity contribution is 5.84. The van der Waals surface area contributed by atoms with Crippen molar-refractivity contribution in [1.29, 1.82) is 0 Å². The van der Waals surface area contributed by atoms with Gasteiger partial charge in [-0.2, -0.15) is 0 Å². The summed E-state index contributed by atoms with van der Waals surface area (Å²) in [6.07, 6.45) is 8.22. The summed E-state index contributed by atoms with van der Waals surface area (Å²) in [6, 6.07) is 19.8. The number of benzene rings is 2. The molecule has 3 aromatic rings. The molecular formula is C25H32N3. The van der Waals surface area contributed by atoms with Gasteiger partial charge in [0.2, 0.25) is 0 Å². The van der Waals surface area contributed by atoms with Crippen LogP contribution in [0.1, 0.15) is 36.8 Å². The molecule has 28 heavy (non-hydrogen) atoms. The Morgan fingerprint density at radius 2 is 1.29 bits per heavy atom. The molecule has 2 aromatic carbocycles. The van der Waals surface area contributed by atoms with Crippen LogP contribution < -0.4 is 0 Å². The van der Waals surface area contributed by atoms with Crippen molar-refractivity contribution in [3.05, 3.63) is 71.9 Å². The molecule has 1 aliphatic carbocycles. The minimum Gasteiger partial charge on any atom is -0.342 e. The van der Waals surface area contributed by atoms with Crippen LogP contribution in [0, 0.1) is 6.20 Å². The second kappa shape index (κ2) is 7.06. The molecule has 0 N–H and O–H groups in total. The lowest BCUT2D eigenvalue weighted by molar-refractivity contribution is 0.00920. The fourth-order valence-corrected chi connectivity index (χ4v) is 5.36. The van der Waals surface area contributed by atoms with Crippen LogP contribution in [0.3, 0.4) is 0 Å². The minimum absolute atomic E-state index is 0.0230. The van der Waals surface area contributed by atoms with Gasteiger partial charge < -0.3 is 4.57 Å². The van der Waals surface area contributed by atoms with E-state index < -0.39 is 0 Å². The third-order valence-corrected chi connectivity index (χ3v) is 7.21. The molecule has 4 rings (SSSR count). The molecule has 3 nitrogen and oxygen atoms in total. The summed E-state index contributed by atoms with van der Waals surface area (Å²) in [4.78, 5) is 4.88. The fourth-order valence-electron chi connectivity index (χ4n) is 5.36. The molecule has 3 heteroatoms. The maximum Gasteiger partial charge on any atom is 0.0711 e. The van der Waals surface area contributed by atoms with Crippen molar-refractivity contribution in [3.63, 3.8) is 0 Å². The van der Waals surface area contributed by atoms with Crippen molar-refractivity contribution < 1.29 is 0 Å². The first-order valence-electron chi connectivity index (χ1n) is 10.3. The van der Waals surface area contributed by atoms with Gasteiger partial charge in [0.25, 0.3) is 0 Å². The number of aromatic nitrogens is 1. The van der Waals surface area contributed by atoms with E-state index in [1.807, 2.05) is 0 Å². The zero-order valence-corrected chi connectivity index (χ0v) is 17.9. The predicted octanol–water partition coefficient (Wildman–Crippen LogP) is 4.77. The van der Waals surface area contributed by atoms with Gasteiger partial charge in [0.05, 0.1) is 6.20 Å². The van der Waals surface area contributed by atoms with Gasteiger partial charge in [-0.1, -0.05) is 48.5 Å². The van der Waals surface area contributed by atoms with Crippen molar-refractivity contribution in [2.45, 2.75) is 36.8 Å². The van der Waals surface area contributed by atoms with E-state index in [4.69, 9.17) is 0 Å². The Kier molecular flexibility index (Phi) is 4.84. The average Bonchev–Trinajstić information content (AvgIpc) is 3.06. The molecule has 0 atom stereocenters. The summed E-state index contributed by atoms with van der Waals surface area (Å²) in [5.41, 5.74) is 4.19. The fraction of sp³-hybridized carbons (Fsp3) is 0.440. The second-order valence-electron chi connectivity index (χ2n) is 8.78. The van der Waals surface area contributed by atoms with Crippen molar-refractivity contribution in [2.24, 2.45) is 7.05 Å². The summed E-state index contributed by atoms with van der Waals surface area (Å²) < 4.78 is 2.17. The highest BCUT2D eigenvalue weighted by Crippen LogP contribution is 2.51. The summed E-state index contributed by atoms with van der Waals surface area (Å²) in [7, 11) is 11.1. The van der Waals surface area contributed by atoms with Crippen LogP contribution in [0.2, 0.25) is 0 Å². The molecule has 0 unspecified atom stereocenters. The van der Waals surface area contributed by atoms with E-state index >= 15 is 0 Å². The van der Waals surface area contributed by atoms with Gasteiger partial charge in [-0.25, -0.2) is 0 Å². The van der Waals surface area contributed by atoms with E-state index in [1.54, 1.807) is 0 Å². The molecule has 0 bridgehead atoms. The molecule has 1 heterocycles. The number of hydrogen-bond acceptors (Lipinski definition) is 2. The van der Waals surface area contributed by atoms with E-state index in [2.05, 4.69) is 110 Å². The van der Waals surface area contributed by atoms with Crippen LogP contribution in [0.25, 0.3) is 10.9 Å². The SMILES string of the molecule is CN(C)C1(c2ccccc2)CCC(c2[c]n(C)c3ccccc23)(N(C)C)CC1. The Balaban J connectivity index is 1.77. The smallest absolute Gasteiger partial charge is 0.0711 e. The lowest BCUT2D eigenvalue weighted by atomic mass is 9.66. The first-order chi connectivity index (χ1) is 13.4. The molecule has 1 saturated carbocycles. The van der Waals surface area contributed by atoms with Crippen LogP contribution in [-0.2, 0) is 18.1 Å². The van der Waals surface area contributed by atoms with Crippen molar-refractivity contribution >= 4 is 10.9 Å². The monoisotopic (exact) mass is 374 g/mol. The number of hydrogen-bond donors (Lipinski definition) is 0. The number of aryl methyl sites for hydroxylation is 1. The number of fused-ring (bicyclic) bond motifs is 1. The maximum absolute atomic E-state index is 3.70. The normalized spacial score (nSPS) is 25.7. The van der Waals surface area contributed by atoms with E-state index in [-0.39, 0.29) is 11.1 Å². The third-order valence-electron chi connectivity index (χ3n) is 7.21. The van der Waals surface area contributed by atoms with Gasteiger partial charge in [-0.15, -0.1) is 0 Å². The molecule has 1 radical (unpaired) electrons. The van der Waals surface area contributed by atoms with Crippen LogP contribution in [0.5, 0.6) is 0 Å². The van der Waals surface area contributed by atoms with Gasteiger partial charge >= 0.3 is 0 Å². The van der Waals surface area contributed by atoms with Crippen LogP contribution in [-0.4, -0.2) is 42.6 Å². The Labute approximate surface area is 169 Å². The first-order valence-corrected chi connectivity index (χ1v) is 10.3. The van der Waals surface area contributed by atoms with Crippen LogP contribution >= 0.6 is 0 Å². The summed E-state index contributed by atoms with van der Waals surface area (Å²) in [5, 5.41) is 1.34. The van der Waals surface area contributed by atoms with Crippen LogP contribution in [0.4, 0.5) is 0 Å². The minimum atomic E-state index is 0.0230. The average molecular weight is 375 g/mol. The number of nitrogens with zero attached hydrogens (tertiary/aromatic N) is 3. The lowest BCUT2D eigenvalue weighted by Crippen LogP contribution is -2.52. The molecule has 1 aliphatic rings. The molecule has 0 aliphatic heterocycles. The van der Waals surface area contributed by atoms with Gasteiger partial charge in [0.15, 0.2) is 0 Å². The molecule has 1 fully saturated rings. The van der Waals surface area contributed by atoms with Crippen molar-refractivity contribution in [3.8, 4) is 0 Å².